The molecule has 0 fully saturated rings. The molecule has 220 valence electrons. The number of allylic oxidation sites excluding steroid dienone is 4. The Balaban J connectivity index is 1.56. The fourth-order valence-electron chi connectivity index (χ4n) is 7.93. The number of hydrogen-bond acceptors (Lipinski definition) is 0. The molecule has 0 heterocycles. The van der Waals surface area contributed by atoms with Crippen molar-refractivity contribution in [2.24, 2.45) is 0 Å². The predicted octanol–water partition coefficient (Wildman–Crippen LogP) is 10.8. The molecule has 0 spiro atoms. The fraction of sp³-hybridized carbons (Fsp3) is 0.0667. The number of hydrogen-bond donors (Lipinski definition) is 0. The van der Waals surface area contributed by atoms with Gasteiger partial charge in [-0.1, -0.05) is 0 Å². The van der Waals surface area contributed by atoms with Gasteiger partial charge in [0.15, 0.2) is 0 Å². The Morgan fingerprint density at radius 1 is 0.500 bits per heavy atom. The summed E-state index contributed by atoms with van der Waals surface area (Å²) in [6.07, 6.45) is 10.6. The first-order valence-corrected chi connectivity index (χ1v) is 21.9. The van der Waals surface area contributed by atoms with E-state index in [0.29, 0.717) is 3.63 Å². The van der Waals surface area contributed by atoms with Crippen LogP contribution in [0.25, 0.3) is 20.0 Å². The van der Waals surface area contributed by atoms with Gasteiger partial charge in [0.2, 0.25) is 0 Å². The first kappa shape index (κ1) is 28.9. The van der Waals surface area contributed by atoms with Gasteiger partial charge in [0.05, 0.1) is 0 Å². The van der Waals surface area contributed by atoms with Gasteiger partial charge in [-0.15, -0.1) is 0 Å². The molecule has 0 bridgehead atoms. The monoisotopic (exact) mass is 666 g/mol. The molecule has 6 aromatic carbocycles. The topological polar surface area (TPSA) is 0 Å². The van der Waals surface area contributed by atoms with Crippen LogP contribution in [0.5, 0.6) is 0 Å². The third kappa shape index (κ3) is 5.14. The van der Waals surface area contributed by atoms with E-state index in [2.05, 4.69) is 188 Å². The molecular weight excluding hydrogens is 632 g/mol. The minimum atomic E-state index is -3.97. The molecule has 1 heteroatoms. The van der Waals surface area contributed by atoms with Crippen molar-refractivity contribution in [1.82, 2.24) is 0 Å². The summed E-state index contributed by atoms with van der Waals surface area (Å²) in [6, 6.07) is 61.3. The molecule has 0 N–H and O–H groups in total. The summed E-state index contributed by atoms with van der Waals surface area (Å²) in [6.45, 7) is 0. The van der Waals surface area contributed by atoms with E-state index in [1.807, 2.05) is 0 Å². The Labute approximate surface area is 277 Å². The normalized spacial score (nSPS) is 14.4. The fourth-order valence-corrected chi connectivity index (χ4v) is 22.4. The Bertz CT molecular complexity index is 2020. The van der Waals surface area contributed by atoms with Gasteiger partial charge in [-0.05, 0) is 0 Å². The first-order valence-electron chi connectivity index (χ1n) is 16.3. The van der Waals surface area contributed by atoms with Crippen LogP contribution >= 0.6 is 0 Å². The number of benzene rings is 6. The molecule has 46 heavy (non-hydrogen) atoms. The second-order valence-corrected chi connectivity index (χ2v) is 22.3. The van der Waals surface area contributed by atoms with Gasteiger partial charge < -0.3 is 0 Å². The van der Waals surface area contributed by atoms with Gasteiger partial charge in [0, 0.05) is 0 Å². The molecule has 0 nitrogen and oxygen atoms in total. The van der Waals surface area contributed by atoms with Gasteiger partial charge in [0.25, 0.3) is 0 Å². The van der Waals surface area contributed by atoms with E-state index in [1.54, 1.807) is 6.55 Å². The van der Waals surface area contributed by atoms with Crippen molar-refractivity contribution in [3.05, 3.63) is 221 Å². The van der Waals surface area contributed by atoms with Crippen molar-refractivity contribution in [2.45, 2.75) is 14.2 Å². The Morgan fingerprint density at radius 2 is 1.02 bits per heavy atom. The predicted molar refractivity (Wildman–Crippen MR) is 192 cm³/mol. The van der Waals surface area contributed by atoms with Crippen LogP contribution in [0.1, 0.15) is 33.4 Å². The maximum absolute atomic E-state index is 3.97. The van der Waals surface area contributed by atoms with Crippen molar-refractivity contribution in [3.63, 3.8) is 0 Å². The van der Waals surface area contributed by atoms with Crippen molar-refractivity contribution in [2.75, 3.05) is 0 Å². The molecule has 1 unspecified atom stereocenters. The van der Waals surface area contributed by atoms with Gasteiger partial charge in [-0.25, -0.2) is 0 Å². The molecule has 8 rings (SSSR count). The Kier molecular flexibility index (Phi) is 7.95. The van der Waals surface area contributed by atoms with E-state index in [0.717, 1.165) is 10.5 Å². The molecule has 0 amide bonds. The van der Waals surface area contributed by atoms with E-state index < -0.39 is 20.3 Å². The molecule has 0 radical (unpaired) electrons. The molecule has 0 saturated carbocycles. The summed E-state index contributed by atoms with van der Waals surface area (Å²) in [5.41, 5.74) is 12.5. The first-order chi connectivity index (χ1) is 22.8. The third-order valence-corrected chi connectivity index (χ3v) is 23.0. The van der Waals surface area contributed by atoms with Crippen LogP contribution in [0.15, 0.2) is 188 Å². The van der Waals surface area contributed by atoms with Gasteiger partial charge >= 0.3 is 279 Å². The Hall–Kier alpha value is -4.58. The van der Waals surface area contributed by atoms with Crippen LogP contribution in [0.2, 0.25) is 3.63 Å². The summed E-state index contributed by atoms with van der Waals surface area (Å²) in [5, 5.41) is 0. The zero-order valence-corrected chi connectivity index (χ0v) is 28.3. The van der Waals surface area contributed by atoms with Gasteiger partial charge in [0.1, 0.15) is 0 Å². The molecular formula is C45H36Zr. The average molecular weight is 668 g/mol. The van der Waals surface area contributed by atoms with E-state index in [9.17, 15) is 0 Å². The number of rotatable bonds is 8. The van der Waals surface area contributed by atoms with Crippen LogP contribution in [-0.4, -0.2) is 0 Å². The van der Waals surface area contributed by atoms with Crippen LogP contribution in [-0.2, 0) is 30.8 Å². The summed E-state index contributed by atoms with van der Waals surface area (Å²) in [4.78, 5) is 0. The summed E-state index contributed by atoms with van der Waals surface area (Å²) < 4.78 is 4.61. The average Bonchev–Trinajstić information content (AvgIpc) is 3.81. The van der Waals surface area contributed by atoms with E-state index >= 15 is 0 Å². The van der Waals surface area contributed by atoms with E-state index in [1.165, 1.54) is 50.1 Å². The second kappa shape index (κ2) is 12.7. The van der Waals surface area contributed by atoms with E-state index in [4.69, 9.17) is 0 Å². The zero-order chi connectivity index (χ0) is 30.8. The van der Waals surface area contributed by atoms with Crippen LogP contribution in [0, 0.1) is 0 Å². The molecule has 1 atom stereocenters. The Morgan fingerprint density at radius 3 is 1.65 bits per heavy atom. The molecule has 0 aromatic heterocycles. The quantitative estimate of drug-likeness (QED) is 0.142. The zero-order valence-electron chi connectivity index (χ0n) is 25.9. The van der Waals surface area contributed by atoms with Crippen molar-refractivity contribution in [3.8, 4) is 11.1 Å². The summed E-state index contributed by atoms with van der Waals surface area (Å²) in [7, 11) is 0. The van der Waals surface area contributed by atoms with Crippen LogP contribution in [0.3, 0.4) is 0 Å². The van der Waals surface area contributed by atoms with Gasteiger partial charge in [-0.3, -0.25) is 0 Å². The molecule has 2 aliphatic rings. The molecule has 0 aliphatic heterocycles. The molecule has 0 saturated heterocycles. The third-order valence-electron chi connectivity index (χ3n) is 9.86. The van der Waals surface area contributed by atoms with Crippen LogP contribution in [0.4, 0.5) is 0 Å². The number of fused-ring (bicyclic) bond motifs is 3. The van der Waals surface area contributed by atoms with Crippen molar-refractivity contribution >= 4 is 12.1 Å². The van der Waals surface area contributed by atoms with Gasteiger partial charge in [-0.2, -0.15) is 0 Å². The summed E-state index contributed by atoms with van der Waals surface area (Å²) >= 11 is -3.97. The minimum absolute atomic E-state index is 0.349. The van der Waals surface area contributed by atoms with Crippen molar-refractivity contribution < 1.29 is 20.3 Å². The second-order valence-electron chi connectivity index (χ2n) is 12.4. The molecule has 6 aromatic rings. The van der Waals surface area contributed by atoms with Crippen LogP contribution < -0.4 is 3.27 Å². The van der Waals surface area contributed by atoms with Crippen molar-refractivity contribution in [1.29, 1.82) is 0 Å². The maximum atomic E-state index is 2.53. The molecule has 2 aliphatic carbocycles. The SMILES string of the molecule is C1=C[CH]([Zr]([CH2]c2ccccc2)([C](=C(c2ccccc2)c2ccccc2)c2ccccc2)[c]2cccc3c2Cc2ccccc2-3)C=C1. The standard InChI is InChI=1S/C20H15.C13H9.C7H7.C5H5.Zr/c1-4-10-17(11-5-1)16-20(18-12-6-2-7-13-18)19-14-8-3-9-15-19;1-3-7-12-10(5-1)9-11-6-2-4-8-13(11)12;1-7-5-3-2-4-6-7;1-2-4-5-3-1;/h1-15H;1-5,7-8H,9H2;2-6H,1H2;1-5H;. The van der Waals surface area contributed by atoms with E-state index in [-0.39, 0.29) is 0 Å². The summed E-state index contributed by atoms with van der Waals surface area (Å²) in [5.74, 6) is 0.